The number of imidazole rings is 1. The third-order valence-corrected chi connectivity index (χ3v) is 6.51. The van der Waals surface area contributed by atoms with Crippen molar-refractivity contribution >= 4 is 21.2 Å². The number of aromatic amines is 1. The van der Waals surface area contributed by atoms with Crippen LogP contribution in [0.25, 0.3) is 17.2 Å². The van der Waals surface area contributed by atoms with Crippen LogP contribution >= 0.6 is 0 Å². The molecule has 1 fully saturated rings. The van der Waals surface area contributed by atoms with Gasteiger partial charge in [-0.1, -0.05) is 0 Å². The maximum Gasteiger partial charge on any atom is 0.434 e. The van der Waals surface area contributed by atoms with Crippen molar-refractivity contribution in [1.82, 2.24) is 34.5 Å². The van der Waals surface area contributed by atoms with Crippen molar-refractivity contribution < 1.29 is 17.4 Å². The molecule has 0 unspecified atom stereocenters. The maximum absolute atomic E-state index is 13.2. The minimum Gasteiger partial charge on any atom is -0.354 e. The van der Waals surface area contributed by atoms with E-state index in [4.69, 9.17) is 0 Å². The van der Waals surface area contributed by atoms with E-state index in [1.54, 1.807) is 31.0 Å². The second-order valence-electron chi connectivity index (χ2n) is 8.69. The van der Waals surface area contributed by atoms with Gasteiger partial charge in [-0.15, -0.1) is 0 Å². The Morgan fingerprint density at radius 1 is 1.14 bits per heavy atom. The number of piperidine rings is 1. The van der Waals surface area contributed by atoms with Gasteiger partial charge in [0.15, 0.2) is 17.2 Å². The van der Waals surface area contributed by atoms with Gasteiger partial charge in [-0.3, -0.25) is 13.7 Å². The molecule has 35 heavy (non-hydrogen) atoms. The van der Waals surface area contributed by atoms with E-state index in [1.807, 2.05) is 11.1 Å². The van der Waals surface area contributed by atoms with Gasteiger partial charge in [-0.2, -0.15) is 18.3 Å². The summed E-state index contributed by atoms with van der Waals surface area (Å²) >= 11 is 0. The Labute approximate surface area is 198 Å². The van der Waals surface area contributed by atoms with Crippen LogP contribution in [0.3, 0.4) is 0 Å². The van der Waals surface area contributed by atoms with Crippen molar-refractivity contribution in [3.8, 4) is 11.5 Å². The number of aromatic nitrogens is 7. The Kier molecular flexibility index (Phi) is 5.69. The van der Waals surface area contributed by atoms with Crippen LogP contribution in [0.5, 0.6) is 0 Å². The summed E-state index contributed by atoms with van der Waals surface area (Å²) in [6, 6.07) is 1.54. The molecule has 0 saturated carbocycles. The number of nitrogens with zero attached hydrogens (tertiary/aromatic N) is 8. The van der Waals surface area contributed by atoms with Gasteiger partial charge in [0.25, 0.3) is 0 Å². The number of anilines is 1. The second-order valence-corrected chi connectivity index (χ2v) is 11.3. The third-order valence-electron chi connectivity index (χ3n) is 5.70. The van der Waals surface area contributed by atoms with Gasteiger partial charge in [0.1, 0.15) is 11.5 Å². The highest BCUT2D eigenvalue weighted by atomic mass is 32.2. The minimum absolute atomic E-state index is 0.0765. The van der Waals surface area contributed by atoms with Crippen LogP contribution in [0.2, 0.25) is 0 Å². The molecular formula is C21H22F3N9OS. The Balaban J connectivity index is 1.52. The van der Waals surface area contributed by atoms with E-state index in [9.17, 15) is 17.4 Å². The molecule has 184 valence electrons. The zero-order chi connectivity index (χ0) is 24.8. The highest BCUT2D eigenvalue weighted by Crippen LogP contribution is 2.32. The van der Waals surface area contributed by atoms with Crippen LogP contribution in [0.15, 0.2) is 47.6 Å². The summed E-state index contributed by atoms with van der Waals surface area (Å²) in [4.78, 5) is 18.5. The van der Waals surface area contributed by atoms with Crippen LogP contribution in [0.1, 0.15) is 23.6 Å². The first kappa shape index (κ1) is 23.2. The summed E-state index contributed by atoms with van der Waals surface area (Å²) in [5, 5.41) is 6.87. The fourth-order valence-electron chi connectivity index (χ4n) is 4.27. The van der Waals surface area contributed by atoms with E-state index in [2.05, 4.69) is 34.5 Å². The molecule has 0 spiro atoms. The van der Waals surface area contributed by atoms with Gasteiger partial charge in [0, 0.05) is 59.8 Å². The van der Waals surface area contributed by atoms with E-state index < -0.39 is 21.6 Å². The standard InChI is InChI=1S/C21H22F3N9OS/c1-35(2,34)31-15-5-13(14-6-28-29-7-14)10-32(11-15)18-3-4-25-20(30-18)16-8-27-19-9-26-17(12-33(16)19)21(22,23)24/h3-4,6-9,12-13,15H,5,10-11H2,1-2H3,(H,28,29)/t13-,15-/m0/s1. The van der Waals surface area contributed by atoms with Crippen molar-refractivity contribution in [2.24, 2.45) is 4.36 Å². The van der Waals surface area contributed by atoms with E-state index >= 15 is 0 Å². The Morgan fingerprint density at radius 3 is 2.69 bits per heavy atom. The molecule has 0 amide bonds. The molecule has 1 N–H and O–H groups in total. The first-order valence-electron chi connectivity index (χ1n) is 10.7. The summed E-state index contributed by atoms with van der Waals surface area (Å²) in [5.74, 6) is 0.887. The molecule has 5 rings (SSSR count). The number of rotatable bonds is 4. The smallest absolute Gasteiger partial charge is 0.354 e. The predicted octanol–water partition coefficient (Wildman–Crippen LogP) is 3.02. The predicted molar refractivity (Wildman–Crippen MR) is 123 cm³/mol. The Bertz CT molecular complexity index is 1470. The molecule has 0 aromatic carbocycles. The summed E-state index contributed by atoms with van der Waals surface area (Å²) < 4.78 is 57.8. The number of nitrogens with one attached hydrogen (secondary N) is 1. The van der Waals surface area contributed by atoms with Crippen molar-refractivity contribution in [3.05, 3.63) is 54.5 Å². The molecule has 10 nitrogen and oxygen atoms in total. The quantitative estimate of drug-likeness (QED) is 0.453. The highest BCUT2D eigenvalue weighted by Gasteiger charge is 2.33. The lowest BCUT2D eigenvalue weighted by molar-refractivity contribution is -0.141. The number of alkyl halides is 3. The topological polar surface area (TPSA) is 117 Å². The SMILES string of the molecule is CS(C)(=O)=N[C@H]1C[C@H](c2cn[nH]c2)CN(c2ccnc(-c3cnc4cnc(C(F)(F)F)cn34)n2)C1. The molecule has 0 radical (unpaired) electrons. The normalized spacial score (nSPS) is 19.3. The highest BCUT2D eigenvalue weighted by molar-refractivity contribution is 7.92. The van der Waals surface area contributed by atoms with E-state index in [0.29, 0.717) is 31.0 Å². The monoisotopic (exact) mass is 505 g/mol. The minimum atomic E-state index is -4.59. The van der Waals surface area contributed by atoms with Gasteiger partial charge in [0.2, 0.25) is 0 Å². The molecule has 0 aliphatic carbocycles. The van der Waals surface area contributed by atoms with Gasteiger partial charge in [-0.25, -0.2) is 24.3 Å². The zero-order valence-corrected chi connectivity index (χ0v) is 19.7. The molecule has 1 aliphatic rings. The molecule has 4 aromatic heterocycles. The van der Waals surface area contributed by atoms with Crippen LogP contribution in [-0.2, 0) is 15.9 Å². The molecule has 14 heteroatoms. The van der Waals surface area contributed by atoms with E-state index in [0.717, 1.165) is 18.0 Å². The van der Waals surface area contributed by atoms with Gasteiger partial charge >= 0.3 is 6.18 Å². The fourth-order valence-corrected chi connectivity index (χ4v) is 5.14. The number of hydrogen-bond acceptors (Lipinski definition) is 8. The summed E-state index contributed by atoms with van der Waals surface area (Å²) in [6.07, 6.45) is 7.85. The lowest BCUT2D eigenvalue weighted by Gasteiger charge is -2.36. The first-order chi connectivity index (χ1) is 16.6. The molecule has 5 heterocycles. The Morgan fingerprint density at radius 2 is 1.97 bits per heavy atom. The molecule has 2 atom stereocenters. The lowest BCUT2D eigenvalue weighted by atomic mass is 9.90. The number of hydrogen-bond donors (Lipinski definition) is 1. The van der Waals surface area contributed by atoms with Gasteiger partial charge in [-0.05, 0) is 18.1 Å². The van der Waals surface area contributed by atoms with Crippen molar-refractivity contribution in [2.45, 2.75) is 24.6 Å². The first-order valence-corrected chi connectivity index (χ1v) is 13.0. The number of H-pyrrole nitrogens is 1. The van der Waals surface area contributed by atoms with E-state index in [-0.39, 0.29) is 23.4 Å². The molecule has 0 bridgehead atoms. The average Bonchev–Trinajstić information content (AvgIpc) is 3.47. The lowest BCUT2D eigenvalue weighted by Crippen LogP contribution is -2.42. The van der Waals surface area contributed by atoms with Gasteiger partial charge in [0.05, 0.1) is 24.6 Å². The van der Waals surface area contributed by atoms with Crippen molar-refractivity contribution in [2.75, 3.05) is 30.5 Å². The molecular weight excluding hydrogens is 483 g/mol. The number of halogens is 3. The van der Waals surface area contributed by atoms with Crippen LogP contribution in [0, 0.1) is 0 Å². The average molecular weight is 506 g/mol. The Hall–Kier alpha value is -3.55. The van der Waals surface area contributed by atoms with Crippen LogP contribution in [0.4, 0.5) is 19.0 Å². The van der Waals surface area contributed by atoms with Crippen molar-refractivity contribution in [3.63, 3.8) is 0 Å². The summed E-state index contributed by atoms with van der Waals surface area (Å²) in [5.41, 5.74) is 0.535. The van der Waals surface area contributed by atoms with Crippen LogP contribution in [-0.4, -0.2) is 70.4 Å². The zero-order valence-electron chi connectivity index (χ0n) is 18.8. The number of fused-ring (bicyclic) bond motifs is 1. The third kappa shape index (κ3) is 4.97. The molecule has 1 saturated heterocycles. The van der Waals surface area contributed by atoms with Gasteiger partial charge < -0.3 is 4.90 Å². The largest absolute Gasteiger partial charge is 0.434 e. The summed E-state index contributed by atoms with van der Waals surface area (Å²) in [6.45, 7) is 1.12. The van der Waals surface area contributed by atoms with Crippen LogP contribution < -0.4 is 4.90 Å². The second kappa shape index (κ2) is 8.59. The molecule has 1 aliphatic heterocycles. The van der Waals surface area contributed by atoms with Crippen molar-refractivity contribution in [1.29, 1.82) is 0 Å². The fraction of sp³-hybridized carbons (Fsp3) is 0.381. The summed E-state index contributed by atoms with van der Waals surface area (Å²) in [7, 11) is -2.32. The molecule has 4 aromatic rings. The van der Waals surface area contributed by atoms with E-state index in [1.165, 1.54) is 10.6 Å². The maximum atomic E-state index is 13.2.